The topological polar surface area (TPSA) is 18.5 Å². The van der Waals surface area contributed by atoms with E-state index in [0.717, 1.165) is 19.4 Å². The summed E-state index contributed by atoms with van der Waals surface area (Å²) in [6.07, 6.45) is 2.61. The van der Waals surface area contributed by atoms with E-state index in [9.17, 15) is 8.78 Å². The molecular weight excluding hydrogens is 306 g/mol. The number of halogens is 3. The highest BCUT2D eigenvalue weighted by Gasteiger charge is 2.25. The third-order valence-corrected chi connectivity index (χ3v) is 3.93. The van der Waals surface area contributed by atoms with Crippen LogP contribution in [0.15, 0.2) is 12.1 Å². The monoisotopic (exact) mass is 320 g/mol. The molecule has 0 amide bonds. The van der Waals surface area contributed by atoms with Crippen molar-refractivity contribution in [2.75, 3.05) is 13.7 Å². The predicted octanol–water partition coefficient (Wildman–Crippen LogP) is 3.98. The largest absolute Gasteiger partial charge is 0.497 e. The van der Waals surface area contributed by atoms with Crippen LogP contribution in [0.5, 0.6) is 5.75 Å². The summed E-state index contributed by atoms with van der Waals surface area (Å²) in [7, 11) is 1.38. The average Bonchev–Trinajstić information content (AvgIpc) is 2.80. The molecule has 0 aliphatic carbocycles. The Hall–Kier alpha value is -0.680. The first-order valence-electron chi connectivity index (χ1n) is 5.90. The second-order valence-electron chi connectivity index (χ2n) is 4.34. The van der Waals surface area contributed by atoms with Gasteiger partial charge in [-0.25, -0.2) is 8.78 Å². The molecule has 5 heteroatoms. The van der Waals surface area contributed by atoms with E-state index in [-0.39, 0.29) is 22.2 Å². The van der Waals surface area contributed by atoms with Gasteiger partial charge in [-0.15, -0.1) is 0 Å². The first-order valence-corrected chi connectivity index (χ1v) is 6.82. The quantitative estimate of drug-likeness (QED) is 0.781. The minimum absolute atomic E-state index is 0.0475. The molecule has 1 fully saturated rings. The van der Waals surface area contributed by atoms with Crippen molar-refractivity contribution in [2.24, 2.45) is 0 Å². The number of hydrogen-bond acceptors (Lipinski definition) is 2. The van der Waals surface area contributed by atoms with Gasteiger partial charge < -0.3 is 9.47 Å². The highest BCUT2D eigenvalue weighted by Crippen LogP contribution is 2.36. The lowest BCUT2D eigenvalue weighted by Gasteiger charge is -2.17. The van der Waals surface area contributed by atoms with Crippen LogP contribution in [0.4, 0.5) is 8.78 Å². The van der Waals surface area contributed by atoms with Gasteiger partial charge in [-0.05, 0) is 19.3 Å². The molecule has 1 aliphatic heterocycles. The Morgan fingerprint density at radius 3 is 2.61 bits per heavy atom. The first kappa shape index (κ1) is 13.7. The zero-order valence-corrected chi connectivity index (χ0v) is 11.7. The molecule has 0 spiro atoms. The number of ether oxygens (including phenoxy) is 2. The van der Waals surface area contributed by atoms with Crippen LogP contribution in [0.1, 0.15) is 29.7 Å². The second kappa shape index (κ2) is 5.97. The van der Waals surface area contributed by atoms with Crippen molar-refractivity contribution in [2.45, 2.75) is 30.2 Å². The van der Waals surface area contributed by atoms with E-state index in [2.05, 4.69) is 15.9 Å². The summed E-state index contributed by atoms with van der Waals surface area (Å²) in [5.41, 5.74) is 0.0475. The lowest BCUT2D eigenvalue weighted by atomic mass is 10.0. The van der Waals surface area contributed by atoms with Gasteiger partial charge in [0.2, 0.25) is 0 Å². The molecule has 0 aromatic heterocycles. The summed E-state index contributed by atoms with van der Waals surface area (Å²) in [6.45, 7) is 0.734. The smallest absolute Gasteiger partial charge is 0.134 e. The Kier molecular flexibility index (Phi) is 4.56. The molecule has 2 rings (SSSR count). The maximum absolute atomic E-state index is 13.8. The molecule has 0 saturated carbocycles. The molecule has 2 atom stereocenters. The summed E-state index contributed by atoms with van der Waals surface area (Å²) >= 11 is 3.34. The molecule has 1 heterocycles. The Morgan fingerprint density at radius 2 is 2.11 bits per heavy atom. The number of benzene rings is 1. The van der Waals surface area contributed by atoms with E-state index < -0.39 is 11.6 Å². The standard InChI is InChI=1S/C13H15BrF2O2/c1-17-9-6-11(15)13(12(16)7-9)10(14)5-8-3-2-4-18-8/h6-8,10H,2-5H2,1H3. The van der Waals surface area contributed by atoms with E-state index in [1.165, 1.54) is 19.2 Å². The normalized spacial score (nSPS) is 21.0. The SMILES string of the molecule is COc1cc(F)c(C(Br)CC2CCCO2)c(F)c1. The highest BCUT2D eigenvalue weighted by molar-refractivity contribution is 9.09. The van der Waals surface area contributed by atoms with Crippen molar-refractivity contribution in [3.8, 4) is 5.75 Å². The Labute approximate surface area is 113 Å². The molecule has 1 aromatic carbocycles. The Bertz CT molecular complexity index is 396. The van der Waals surface area contributed by atoms with Gasteiger partial charge in [0.25, 0.3) is 0 Å². The van der Waals surface area contributed by atoms with Gasteiger partial charge >= 0.3 is 0 Å². The molecule has 2 unspecified atom stereocenters. The van der Waals surface area contributed by atoms with Crippen LogP contribution in [0, 0.1) is 11.6 Å². The van der Waals surface area contributed by atoms with Crippen molar-refractivity contribution < 1.29 is 18.3 Å². The third kappa shape index (κ3) is 3.01. The summed E-state index contributed by atoms with van der Waals surface area (Å²) in [4.78, 5) is -0.383. The minimum atomic E-state index is -0.591. The molecule has 1 aliphatic rings. The van der Waals surface area contributed by atoms with Gasteiger partial charge in [-0.3, -0.25) is 0 Å². The summed E-state index contributed by atoms with van der Waals surface area (Å²) in [5, 5.41) is 0. The van der Waals surface area contributed by atoms with Crippen LogP contribution in [0.3, 0.4) is 0 Å². The van der Waals surface area contributed by atoms with E-state index >= 15 is 0 Å². The van der Waals surface area contributed by atoms with E-state index in [4.69, 9.17) is 9.47 Å². The lowest BCUT2D eigenvalue weighted by molar-refractivity contribution is 0.104. The predicted molar refractivity (Wildman–Crippen MR) is 68.2 cm³/mol. The van der Waals surface area contributed by atoms with Gasteiger partial charge in [-0.2, -0.15) is 0 Å². The van der Waals surface area contributed by atoms with Crippen molar-refractivity contribution in [3.05, 3.63) is 29.3 Å². The number of alkyl halides is 1. The summed E-state index contributed by atoms with van der Waals surface area (Å²) < 4.78 is 38.0. The van der Waals surface area contributed by atoms with Crippen LogP contribution in [0.25, 0.3) is 0 Å². The Morgan fingerprint density at radius 1 is 1.44 bits per heavy atom. The average molecular weight is 321 g/mol. The van der Waals surface area contributed by atoms with Crippen LogP contribution in [-0.2, 0) is 4.74 Å². The molecule has 0 N–H and O–H groups in total. The van der Waals surface area contributed by atoms with Crippen LogP contribution in [-0.4, -0.2) is 19.8 Å². The maximum Gasteiger partial charge on any atom is 0.134 e. The molecule has 1 aromatic rings. The fourth-order valence-corrected chi connectivity index (χ4v) is 3.01. The van der Waals surface area contributed by atoms with Gasteiger partial charge in [0.1, 0.15) is 17.4 Å². The summed E-state index contributed by atoms with van der Waals surface area (Å²) in [5.74, 6) is -0.996. The molecule has 1 saturated heterocycles. The number of methoxy groups -OCH3 is 1. The fraction of sp³-hybridized carbons (Fsp3) is 0.538. The second-order valence-corrected chi connectivity index (χ2v) is 5.45. The zero-order valence-electron chi connectivity index (χ0n) is 10.1. The van der Waals surface area contributed by atoms with Gasteiger partial charge in [0.05, 0.1) is 13.2 Å². The van der Waals surface area contributed by atoms with Crippen molar-refractivity contribution in [3.63, 3.8) is 0 Å². The molecule has 0 radical (unpaired) electrons. The van der Waals surface area contributed by atoms with E-state index in [0.29, 0.717) is 6.42 Å². The number of rotatable bonds is 4. The molecule has 0 bridgehead atoms. The number of hydrogen-bond donors (Lipinski definition) is 0. The van der Waals surface area contributed by atoms with Crippen molar-refractivity contribution in [1.29, 1.82) is 0 Å². The van der Waals surface area contributed by atoms with Crippen LogP contribution in [0.2, 0.25) is 0 Å². The zero-order chi connectivity index (χ0) is 13.1. The van der Waals surface area contributed by atoms with Gasteiger partial charge in [0, 0.05) is 29.1 Å². The minimum Gasteiger partial charge on any atom is -0.497 e. The maximum atomic E-state index is 13.8. The Balaban J connectivity index is 2.15. The van der Waals surface area contributed by atoms with Crippen molar-refractivity contribution in [1.82, 2.24) is 0 Å². The lowest BCUT2D eigenvalue weighted by Crippen LogP contribution is -2.10. The van der Waals surface area contributed by atoms with Gasteiger partial charge in [0.15, 0.2) is 0 Å². The fourth-order valence-electron chi connectivity index (χ4n) is 2.16. The highest BCUT2D eigenvalue weighted by atomic mass is 79.9. The van der Waals surface area contributed by atoms with Crippen LogP contribution < -0.4 is 4.74 Å². The van der Waals surface area contributed by atoms with E-state index in [1.54, 1.807) is 0 Å². The first-order chi connectivity index (χ1) is 8.61. The molecule has 100 valence electrons. The third-order valence-electron chi connectivity index (χ3n) is 3.10. The molecule has 18 heavy (non-hydrogen) atoms. The molecular formula is C13H15BrF2O2. The van der Waals surface area contributed by atoms with Gasteiger partial charge in [-0.1, -0.05) is 15.9 Å². The summed E-state index contributed by atoms with van der Waals surface area (Å²) in [6, 6.07) is 2.39. The molecule has 2 nitrogen and oxygen atoms in total. The van der Waals surface area contributed by atoms with E-state index in [1.807, 2.05) is 0 Å². The van der Waals surface area contributed by atoms with Crippen LogP contribution >= 0.6 is 15.9 Å². The van der Waals surface area contributed by atoms with Crippen molar-refractivity contribution >= 4 is 15.9 Å².